The Kier molecular flexibility index (Phi) is 6.01. The quantitative estimate of drug-likeness (QED) is 0.560. The number of rotatable bonds is 9. The summed E-state index contributed by atoms with van der Waals surface area (Å²) in [5, 5.41) is 9.52. The van der Waals surface area contributed by atoms with Crippen molar-refractivity contribution < 1.29 is 29.0 Å². The molecule has 2 aromatic rings. The van der Waals surface area contributed by atoms with Crippen LogP contribution in [0, 0.1) is 0 Å². The minimum Gasteiger partial charge on any atom is -0.489 e. The molecule has 0 aliphatic carbocycles. The first-order chi connectivity index (χ1) is 14.3. The van der Waals surface area contributed by atoms with E-state index in [0.29, 0.717) is 22.4 Å². The summed E-state index contributed by atoms with van der Waals surface area (Å²) in [6.45, 7) is 0.244. The fourth-order valence-electron chi connectivity index (χ4n) is 3.33. The molecule has 1 unspecified atom stereocenters. The second-order valence-electron chi connectivity index (χ2n) is 6.92. The number of benzene rings is 2. The number of hydrogen-bond donors (Lipinski definition) is 3. The van der Waals surface area contributed by atoms with Crippen LogP contribution in [-0.4, -0.2) is 39.7 Å². The standard InChI is InChI=1S/C21H21N3O6/c22-18(25)9-8-16(21(28)29)24-10-15-14(20(24)27)2-1-3-17(15)30-11-12-4-6-13(7-5-12)19(23)26/h1-7,16H,8-11H2,(H2,22,25)(H2,23,26)(H,28,29). The zero-order valence-corrected chi connectivity index (χ0v) is 16.0. The Morgan fingerprint density at radius 2 is 1.80 bits per heavy atom. The zero-order valence-electron chi connectivity index (χ0n) is 16.0. The molecule has 1 heterocycles. The molecule has 0 aromatic heterocycles. The van der Waals surface area contributed by atoms with Gasteiger partial charge < -0.3 is 26.2 Å². The number of carboxylic acid groups (broad SMARTS) is 1. The summed E-state index contributed by atoms with van der Waals surface area (Å²) >= 11 is 0. The van der Waals surface area contributed by atoms with Crippen LogP contribution < -0.4 is 16.2 Å². The van der Waals surface area contributed by atoms with Crippen LogP contribution in [-0.2, 0) is 22.7 Å². The molecule has 156 valence electrons. The van der Waals surface area contributed by atoms with Crippen LogP contribution in [0.25, 0.3) is 0 Å². The van der Waals surface area contributed by atoms with Crippen molar-refractivity contribution in [2.24, 2.45) is 11.5 Å². The SMILES string of the molecule is NC(=O)CCC(C(=O)O)N1Cc2c(OCc3ccc(C(N)=O)cc3)cccc2C1=O. The number of carboxylic acids is 1. The highest BCUT2D eigenvalue weighted by molar-refractivity contribution is 6.01. The van der Waals surface area contributed by atoms with Gasteiger partial charge in [-0.2, -0.15) is 0 Å². The molecular formula is C21H21N3O6. The fraction of sp³-hybridized carbons (Fsp3) is 0.238. The number of primary amides is 2. The van der Waals surface area contributed by atoms with Crippen molar-refractivity contribution in [2.75, 3.05) is 0 Å². The maximum Gasteiger partial charge on any atom is 0.326 e. The van der Waals surface area contributed by atoms with Crippen LogP contribution in [0.5, 0.6) is 5.75 Å². The van der Waals surface area contributed by atoms with Crippen LogP contribution in [0.1, 0.15) is 44.7 Å². The maximum atomic E-state index is 12.8. The molecular weight excluding hydrogens is 390 g/mol. The average Bonchev–Trinajstić information content (AvgIpc) is 3.03. The first-order valence-electron chi connectivity index (χ1n) is 9.23. The summed E-state index contributed by atoms with van der Waals surface area (Å²) in [6, 6.07) is 10.4. The van der Waals surface area contributed by atoms with Gasteiger partial charge in [0.15, 0.2) is 0 Å². The molecule has 0 saturated carbocycles. The molecule has 3 rings (SSSR count). The van der Waals surface area contributed by atoms with Gasteiger partial charge in [-0.15, -0.1) is 0 Å². The normalized spacial score (nSPS) is 13.6. The number of carbonyl (C=O) groups excluding carboxylic acids is 3. The summed E-state index contributed by atoms with van der Waals surface area (Å²) in [5.74, 6) is -2.32. The summed E-state index contributed by atoms with van der Waals surface area (Å²) in [7, 11) is 0. The molecule has 0 fully saturated rings. The van der Waals surface area contributed by atoms with E-state index in [1.807, 2.05) is 0 Å². The predicted octanol–water partition coefficient (Wildman–Crippen LogP) is 1.04. The molecule has 2 aromatic carbocycles. The predicted molar refractivity (Wildman–Crippen MR) is 105 cm³/mol. The van der Waals surface area contributed by atoms with E-state index in [-0.39, 0.29) is 26.0 Å². The lowest BCUT2D eigenvalue weighted by Gasteiger charge is -2.23. The van der Waals surface area contributed by atoms with E-state index in [2.05, 4.69) is 0 Å². The third-order valence-corrected chi connectivity index (χ3v) is 4.91. The van der Waals surface area contributed by atoms with E-state index in [1.54, 1.807) is 42.5 Å². The molecule has 1 atom stereocenters. The van der Waals surface area contributed by atoms with Crippen LogP contribution >= 0.6 is 0 Å². The van der Waals surface area contributed by atoms with E-state index in [0.717, 1.165) is 5.56 Å². The second-order valence-corrected chi connectivity index (χ2v) is 6.92. The summed E-state index contributed by atoms with van der Waals surface area (Å²) in [5.41, 5.74) is 12.5. The highest BCUT2D eigenvalue weighted by atomic mass is 16.5. The highest BCUT2D eigenvalue weighted by Gasteiger charge is 2.37. The van der Waals surface area contributed by atoms with E-state index < -0.39 is 29.7 Å². The number of fused-ring (bicyclic) bond motifs is 1. The van der Waals surface area contributed by atoms with Gasteiger partial charge in [0.25, 0.3) is 5.91 Å². The second kappa shape index (κ2) is 8.64. The number of nitrogens with zero attached hydrogens (tertiary/aromatic N) is 1. The van der Waals surface area contributed by atoms with Gasteiger partial charge in [0.05, 0.1) is 6.54 Å². The lowest BCUT2D eigenvalue weighted by Crippen LogP contribution is -2.42. The smallest absolute Gasteiger partial charge is 0.326 e. The topological polar surface area (TPSA) is 153 Å². The largest absolute Gasteiger partial charge is 0.489 e. The van der Waals surface area contributed by atoms with Gasteiger partial charge in [0.1, 0.15) is 18.4 Å². The summed E-state index contributed by atoms with van der Waals surface area (Å²) < 4.78 is 5.85. The first-order valence-corrected chi connectivity index (χ1v) is 9.23. The van der Waals surface area contributed by atoms with Crippen molar-refractivity contribution in [1.82, 2.24) is 4.90 Å². The van der Waals surface area contributed by atoms with Gasteiger partial charge in [-0.3, -0.25) is 14.4 Å². The van der Waals surface area contributed by atoms with Gasteiger partial charge in [0, 0.05) is 23.1 Å². The van der Waals surface area contributed by atoms with Crippen LogP contribution in [0.15, 0.2) is 42.5 Å². The van der Waals surface area contributed by atoms with Gasteiger partial charge in [-0.1, -0.05) is 18.2 Å². The minimum atomic E-state index is -1.20. The number of carbonyl (C=O) groups is 4. The molecule has 0 radical (unpaired) electrons. The Hall–Kier alpha value is -3.88. The Bertz CT molecular complexity index is 1000. The number of nitrogens with two attached hydrogens (primary N) is 2. The number of amides is 3. The van der Waals surface area contributed by atoms with E-state index in [1.165, 1.54) is 4.90 Å². The van der Waals surface area contributed by atoms with Crippen molar-refractivity contribution in [3.8, 4) is 5.75 Å². The zero-order chi connectivity index (χ0) is 21.8. The summed E-state index contributed by atoms with van der Waals surface area (Å²) in [6.07, 6.45) is -0.200. The van der Waals surface area contributed by atoms with Crippen molar-refractivity contribution in [2.45, 2.75) is 32.0 Å². The lowest BCUT2D eigenvalue weighted by atomic mass is 10.1. The minimum absolute atomic E-state index is 0.0562. The number of ether oxygens (including phenoxy) is 1. The molecule has 0 bridgehead atoms. The van der Waals surface area contributed by atoms with Gasteiger partial charge in [-0.25, -0.2) is 4.79 Å². The van der Waals surface area contributed by atoms with E-state index in [4.69, 9.17) is 16.2 Å². The molecule has 9 nitrogen and oxygen atoms in total. The molecule has 1 aliphatic rings. The first kappa shape index (κ1) is 20.8. The Balaban J connectivity index is 1.76. The molecule has 0 spiro atoms. The van der Waals surface area contributed by atoms with Crippen molar-refractivity contribution in [3.05, 3.63) is 64.7 Å². The van der Waals surface area contributed by atoms with E-state index >= 15 is 0 Å². The molecule has 1 aliphatic heterocycles. The summed E-state index contributed by atoms with van der Waals surface area (Å²) in [4.78, 5) is 47.8. The Labute approximate surface area is 172 Å². The number of aliphatic carboxylic acids is 1. The van der Waals surface area contributed by atoms with Crippen LogP contribution in [0.3, 0.4) is 0 Å². The molecule has 0 saturated heterocycles. The van der Waals surface area contributed by atoms with Crippen LogP contribution in [0.4, 0.5) is 0 Å². The van der Waals surface area contributed by atoms with Gasteiger partial charge >= 0.3 is 5.97 Å². The van der Waals surface area contributed by atoms with Gasteiger partial charge in [-0.05, 0) is 36.2 Å². The lowest BCUT2D eigenvalue weighted by molar-refractivity contribution is -0.142. The molecule has 3 amide bonds. The third-order valence-electron chi connectivity index (χ3n) is 4.91. The highest BCUT2D eigenvalue weighted by Crippen LogP contribution is 2.33. The van der Waals surface area contributed by atoms with Crippen molar-refractivity contribution >= 4 is 23.7 Å². The number of hydrogen-bond acceptors (Lipinski definition) is 5. The molecule has 30 heavy (non-hydrogen) atoms. The Morgan fingerprint density at radius 1 is 1.10 bits per heavy atom. The van der Waals surface area contributed by atoms with Gasteiger partial charge in [0.2, 0.25) is 11.8 Å². The third kappa shape index (κ3) is 4.40. The maximum absolute atomic E-state index is 12.8. The Morgan fingerprint density at radius 3 is 2.40 bits per heavy atom. The monoisotopic (exact) mass is 411 g/mol. The average molecular weight is 411 g/mol. The van der Waals surface area contributed by atoms with Crippen LogP contribution in [0.2, 0.25) is 0 Å². The fourth-order valence-corrected chi connectivity index (χ4v) is 3.33. The van der Waals surface area contributed by atoms with E-state index in [9.17, 15) is 24.3 Å². The molecule has 5 N–H and O–H groups in total. The van der Waals surface area contributed by atoms with Crippen molar-refractivity contribution in [1.29, 1.82) is 0 Å². The van der Waals surface area contributed by atoms with Crippen molar-refractivity contribution in [3.63, 3.8) is 0 Å². The molecule has 9 heteroatoms.